The van der Waals surface area contributed by atoms with Gasteiger partial charge in [-0.15, -0.1) is 0 Å². The van der Waals surface area contributed by atoms with Gasteiger partial charge in [-0.05, 0) is 43.2 Å². The third kappa shape index (κ3) is 4.92. The lowest BCUT2D eigenvalue weighted by molar-refractivity contribution is -0.129. The van der Waals surface area contributed by atoms with Crippen molar-refractivity contribution in [2.75, 3.05) is 18.9 Å². The van der Waals surface area contributed by atoms with Gasteiger partial charge in [-0.2, -0.15) is 0 Å². The molecule has 0 aromatic heterocycles. The summed E-state index contributed by atoms with van der Waals surface area (Å²) in [4.78, 5) is 25.6. The Morgan fingerprint density at radius 2 is 1.77 bits per heavy atom. The number of nitrogens with one attached hydrogen (secondary N) is 1. The summed E-state index contributed by atoms with van der Waals surface area (Å²) in [6.07, 6.45) is 2.50. The van der Waals surface area contributed by atoms with Crippen LogP contribution in [0.2, 0.25) is 5.02 Å². The molecule has 0 bridgehead atoms. The van der Waals surface area contributed by atoms with Crippen LogP contribution in [0.25, 0.3) is 6.08 Å². The zero-order valence-corrected chi connectivity index (χ0v) is 15.6. The number of benzene rings is 2. The quantitative estimate of drug-likeness (QED) is 0.797. The molecule has 0 aliphatic carbocycles. The van der Waals surface area contributed by atoms with E-state index < -0.39 is 11.7 Å². The number of halogens is 2. The minimum atomic E-state index is -0.517. The maximum absolute atomic E-state index is 13.7. The van der Waals surface area contributed by atoms with Gasteiger partial charge in [0, 0.05) is 24.4 Å². The van der Waals surface area contributed by atoms with Crippen LogP contribution in [0, 0.1) is 19.7 Å². The highest BCUT2D eigenvalue weighted by Crippen LogP contribution is 2.21. The lowest BCUT2D eigenvalue weighted by Gasteiger charge is -2.16. The van der Waals surface area contributed by atoms with Crippen molar-refractivity contribution in [1.29, 1.82) is 0 Å². The Morgan fingerprint density at radius 1 is 1.15 bits per heavy atom. The van der Waals surface area contributed by atoms with E-state index in [1.807, 2.05) is 32.0 Å². The van der Waals surface area contributed by atoms with Crippen LogP contribution in [0.1, 0.15) is 16.7 Å². The van der Waals surface area contributed by atoms with Crippen molar-refractivity contribution in [2.24, 2.45) is 0 Å². The maximum atomic E-state index is 13.7. The highest BCUT2D eigenvalue weighted by Gasteiger charge is 2.13. The van der Waals surface area contributed by atoms with Crippen molar-refractivity contribution in [3.8, 4) is 0 Å². The Morgan fingerprint density at radius 3 is 2.38 bits per heavy atom. The van der Waals surface area contributed by atoms with Crippen LogP contribution in [0.5, 0.6) is 0 Å². The smallest absolute Gasteiger partial charge is 0.246 e. The lowest BCUT2D eigenvalue weighted by Crippen LogP contribution is -2.34. The first-order chi connectivity index (χ1) is 12.3. The van der Waals surface area contributed by atoms with Crippen LogP contribution in [-0.2, 0) is 9.59 Å². The number of rotatable bonds is 5. The average molecular weight is 375 g/mol. The van der Waals surface area contributed by atoms with Gasteiger partial charge in [0.1, 0.15) is 5.82 Å². The van der Waals surface area contributed by atoms with Gasteiger partial charge in [-0.3, -0.25) is 9.59 Å². The first-order valence-corrected chi connectivity index (χ1v) is 8.40. The summed E-state index contributed by atoms with van der Waals surface area (Å²) in [7, 11) is 1.50. The minimum Gasteiger partial charge on any atom is -0.333 e. The van der Waals surface area contributed by atoms with Gasteiger partial charge in [0.25, 0.3) is 0 Å². The Hall–Kier alpha value is -2.66. The molecular weight excluding hydrogens is 355 g/mol. The largest absolute Gasteiger partial charge is 0.333 e. The molecule has 0 saturated heterocycles. The number of amides is 2. The highest BCUT2D eigenvalue weighted by atomic mass is 35.5. The molecule has 0 fully saturated rings. The number of nitrogens with zero attached hydrogens (tertiary/aromatic N) is 1. The summed E-state index contributed by atoms with van der Waals surface area (Å²) in [6.45, 7) is 3.68. The van der Waals surface area contributed by atoms with E-state index in [2.05, 4.69) is 5.32 Å². The summed E-state index contributed by atoms with van der Waals surface area (Å²) < 4.78 is 13.7. The van der Waals surface area contributed by atoms with Crippen LogP contribution in [0.3, 0.4) is 0 Å². The van der Waals surface area contributed by atoms with E-state index in [0.29, 0.717) is 0 Å². The predicted molar refractivity (Wildman–Crippen MR) is 103 cm³/mol. The van der Waals surface area contributed by atoms with Gasteiger partial charge in [-0.1, -0.05) is 35.9 Å². The third-order valence-corrected chi connectivity index (χ3v) is 4.22. The Kier molecular flexibility index (Phi) is 6.52. The van der Waals surface area contributed by atoms with Crippen molar-refractivity contribution in [3.05, 3.63) is 70.0 Å². The lowest BCUT2D eigenvalue weighted by atomic mass is 10.1. The molecule has 0 unspecified atom stereocenters. The number of carbonyl (C=O) groups is 2. The first-order valence-electron chi connectivity index (χ1n) is 8.03. The molecule has 0 aliphatic rings. The molecule has 0 spiro atoms. The number of hydrogen-bond donors (Lipinski definition) is 1. The van der Waals surface area contributed by atoms with E-state index in [1.54, 1.807) is 0 Å². The van der Waals surface area contributed by atoms with Gasteiger partial charge in [0.2, 0.25) is 11.8 Å². The fraction of sp³-hybridized carbons (Fsp3) is 0.200. The van der Waals surface area contributed by atoms with Gasteiger partial charge >= 0.3 is 0 Å². The normalized spacial score (nSPS) is 10.8. The maximum Gasteiger partial charge on any atom is 0.246 e. The SMILES string of the molecule is Cc1cccc(C)c1NC(=O)CN(C)C(=O)/C=C/c1c(F)cccc1Cl. The van der Waals surface area contributed by atoms with Crippen molar-refractivity contribution in [2.45, 2.75) is 13.8 Å². The van der Waals surface area contributed by atoms with Gasteiger partial charge < -0.3 is 10.2 Å². The molecule has 136 valence electrons. The highest BCUT2D eigenvalue weighted by molar-refractivity contribution is 6.32. The summed E-state index contributed by atoms with van der Waals surface area (Å²) in [5.41, 5.74) is 2.77. The second-order valence-corrected chi connectivity index (χ2v) is 6.39. The van der Waals surface area contributed by atoms with Crippen molar-refractivity contribution in [3.63, 3.8) is 0 Å². The molecule has 1 N–H and O–H groups in total. The molecule has 2 rings (SSSR count). The molecule has 2 amide bonds. The topological polar surface area (TPSA) is 49.4 Å². The van der Waals surface area contributed by atoms with Crippen LogP contribution in [-0.4, -0.2) is 30.3 Å². The molecule has 0 atom stereocenters. The Bertz CT molecular complexity index is 824. The van der Waals surface area contributed by atoms with E-state index in [4.69, 9.17) is 11.6 Å². The molecule has 0 saturated carbocycles. The predicted octanol–water partition coefficient (Wildman–Crippen LogP) is 4.21. The van der Waals surface area contributed by atoms with Crippen LogP contribution in [0.4, 0.5) is 10.1 Å². The van der Waals surface area contributed by atoms with Crippen molar-refractivity contribution >= 4 is 35.2 Å². The van der Waals surface area contributed by atoms with E-state index in [1.165, 1.54) is 42.3 Å². The molecule has 4 nitrogen and oxygen atoms in total. The van der Waals surface area contributed by atoms with Crippen molar-refractivity contribution in [1.82, 2.24) is 4.90 Å². The second-order valence-electron chi connectivity index (χ2n) is 5.98. The van der Waals surface area contributed by atoms with Gasteiger partial charge in [0.15, 0.2) is 0 Å². The van der Waals surface area contributed by atoms with Crippen LogP contribution < -0.4 is 5.32 Å². The molecule has 0 radical (unpaired) electrons. The minimum absolute atomic E-state index is 0.123. The Labute approximate surface area is 157 Å². The molecule has 6 heteroatoms. The van der Waals surface area contributed by atoms with Crippen LogP contribution in [0.15, 0.2) is 42.5 Å². The number of anilines is 1. The van der Waals surface area contributed by atoms with Gasteiger partial charge in [-0.25, -0.2) is 4.39 Å². The zero-order valence-electron chi connectivity index (χ0n) is 14.8. The average Bonchev–Trinajstić information content (AvgIpc) is 2.57. The van der Waals surface area contributed by atoms with E-state index in [9.17, 15) is 14.0 Å². The van der Waals surface area contributed by atoms with E-state index >= 15 is 0 Å². The standard InChI is InChI=1S/C20H20ClFN2O2/c1-13-6-4-7-14(2)20(13)23-18(25)12-24(3)19(26)11-10-15-16(21)8-5-9-17(15)22/h4-11H,12H2,1-3H3,(H,23,25)/b11-10+. The Balaban J connectivity index is 2.00. The van der Waals surface area contributed by atoms with E-state index in [-0.39, 0.29) is 23.0 Å². The van der Waals surface area contributed by atoms with Crippen molar-refractivity contribution < 1.29 is 14.0 Å². The third-order valence-electron chi connectivity index (χ3n) is 3.89. The molecular formula is C20H20ClFN2O2. The number of likely N-dealkylation sites (N-methyl/N-ethyl adjacent to an activating group) is 1. The molecule has 2 aromatic carbocycles. The summed E-state index contributed by atoms with van der Waals surface area (Å²) in [5, 5.41) is 3.03. The molecule has 26 heavy (non-hydrogen) atoms. The fourth-order valence-corrected chi connectivity index (χ4v) is 2.66. The number of carbonyl (C=O) groups excluding carboxylic acids is 2. The first kappa shape index (κ1) is 19.7. The molecule has 2 aromatic rings. The monoisotopic (exact) mass is 374 g/mol. The van der Waals surface area contributed by atoms with Gasteiger partial charge in [0.05, 0.1) is 11.6 Å². The molecule has 0 aliphatic heterocycles. The number of aryl methyl sites for hydroxylation is 2. The fourth-order valence-electron chi connectivity index (χ4n) is 2.44. The second kappa shape index (κ2) is 8.63. The van der Waals surface area contributed by atoms with E-state index in [0.717, 1.165) is 16.8 Å². The summed E-state index contributed by atoms with van der Waals surface area (Å²) in [5.74, 6) is -1.26. The number of para-hydroxylation sites is 1. The zero-order chi connectivity index (χ0) is 19.3. The number of hydrogen-bond acceptors (Lipinski definition) is 2. The summed E-state index contributed by atoms with van der Waals surface area (Å²) >= 11 is 5.92. The molecule has 0 heterocycles. The summed E-state index contributed by atoms with van der Waals surface area (Å²) in [6, 6.07) is 10.0. The van der Waals surface area contributed by atoms with Crippen LogP contribution >= 0.6 is 11.6 Å².